The van der Waals surface area contributed by atoms with E-state index in [0.717, 1.165) is 32.0 Å². The highest BCUT2D eigenvalue weighted by Gasteiger charge is 2.25. The molecule has 1 amide bonds. The van der Waals surface area contributed by atoms with Crippen molar-refractivity contribution in [2.75, 3.05) is 38.6 Å². The van der Waals surface area contributed by atoms with Gasteiger partial charge in [0, 0.05) is 51.9 Å². The molecule has 1 atom stereocenters. The topological polar surface area (TPSA) is 60.0 Å². The number of aliphatic imine (C=N–C) groups is 1. The number of anilines is 1. The predicted molar refractivity (Wildman–Crippen MR) is 104 cm³/mol. The summed E-state index contributed by atoms with van der Waals surface area (Å²) < 4.78 is 0. The average molecular weight is 345 g/mol. The molecule has 0 bridgehead atoms. The second-order valence-electron chi connectivity index (χ2n) is 6.58. The molecule has 6 nitrogen and oxygen atoms in total. The second kappa shape index (κ2) is 9.30. The molecule has 6 heteroatoms. The summed E-state index contributed by atoms with van der Waals surface area (Å²) in [5, 5.41) is 6.77. The Morgan fingerprint density at radius 3 is 2.84 bits per heavy atom. The molecule has 138 valence electrons. The van der Waals surface area contributed by atoms with Crippen LogP contribution in [0.3, 0.4) is 0 Å². The Hall–Kier alpha value is -2.24. The van der Waals surface area contributed by atoms with Crippen molar-refractivity contribution in [3.63, 3.8) is 0 Å². The van der Waals surface area contributed by atoms with E-state index in [4.69, 9.17) is 4.99 Å². The van der Waals surface area contributed by atoms with Gasteiger partial charge in [0.05, 0.1) is 6.54 Å². The van der Waals surface area contributed by atoms with Crippen LogP contribution in [0.1, 0.15) is 32.3 Å². The lowest BCUT2D eigenvalue weighted by atomic mass is 10.2. The zero-order chi connectivity index (χ0) is 18.2. The maximum Gasteiger partial charge on any atom is 0.222 e. The Kier molecular flexibility index (Phi) is 7.10. The molecular formula is C19H31N5O. The maximum atomic E-state index is 11.8. The molecule has 1 unspecified atom stereocenters. The van der Waals surface area contributed by atoms with Gasteiger partial charge in [-0.15, -0.1) is 0 Å². The van der Waals surface area contributed by atoms with E-state index in [2.05, 4.69) is 46.7 Å². The molecule has 0 aromatic heterocycles. The summed E-state index contributed by atoms with van der Waals surface area (Å²) in [5.74, 6) is 1.04. The first-order valence-electron chi connectivity index (χ1n) is 9.12. The van der Waals surface area contributed by atoms with Crippen molar-refractivity contribution in [2.24, 2.45) is 4.99 Å². The van der Waals surface area contributed by atoms with Gasteiger partial charge in [0.2, 0.25) is 5.91 Å². The highest BCUT2D eigenvalue weighted by Crippen LogP contribution is 2.14. The summed E-state index contributed by atoms with van der Waals surface area (Å²) in [4.78, 5) is 20.6. The summed E-state index contributed by atoms with van der Waals surface area (Å²) in [5.41, 5.74) is 2.35. The van der Waals surface area contributed by atoms with Crippen LogP contribution in [0.5, 0.6) is 0 Å². The average Bonchev–Trinajstić information content (AvgIpc) is 3.08. The van der Waals surface area contributed by atoms with Crippen molar-refractivity contribution in [1.29, 1.82) is 0 Å². The number of hydrogen-bond donors (Lipinski definition) is 2. The van der Waals surface area contributed by atoms with Crippen LogP contribution in [0.4, 0.5) is 5.69 Å². The number of rotatable bonds is 6. The van der Waals surface area contributed by atoms with Crippen molar-refractivity contribution in [2.45, 2.75) is 39.3 Å². The predicted octanol–water partition coefficient (Wildman–Crippen LogP) is 1.82. The number of benzene rings is 1. The number of hydrogen-bond acceptors (Lipinski definition) is 3. The zero-order valence-corrected chi connectivity index (χ0v) is 15.9. The van der Waals surface area contributed by atoms with Crippen LogP contribution < -0.4 is 15.5 Å². The molecule has 0 radical (unpaired) electrons. The van der Waals surface area contributed by atoms with Crippen molar-refractivity contribution in [1.82, 2.24) is 15.5 Å². The summed E-state index contributed by atoms with van der Waals surface area (Å²) in [6, 6.07) is 8.67. The number of amides is 1. The standard InChI is InChI=1S/C19H31N5O/c1-5-18(25)24-11-10-16(14-24)22-19(20-6-2)21-13-15-8-7-9-17(12-15)23(3)4/h7-9,12,16H,5-6,10-11,13-14H2,1-4H3,(H2,20,21,22). The quantitative estimate of drug-likeness (QED) is 0.610. The lowest BCUT2D eigenvalue weighted by molar-refractivity contribution is -0.129. The number of likely N-dealkylation sites (tertiary alicyclic amines) is 1. The third kappa shape index (κ3) is 5.66. The number of carbonyl (C=O) groups is 1. The van der Waals surface area contributed by atoms with Crippen LogP contribution in [0.2, 0.25) is 0 Å². The summed E-state index contributed by atoms with van der Waals surface area (Å²) in [7, 11) is 4.08. The summed E-state index contributed by atoms with van der Waals surface area (Å²) >= 11 is 0. The molecular weight excluding hydrogens is 314 g/mol. The third-order valence-electron chi connectivity index (χ3n) is 4.38. The molecule has 0 spiro atoms. The number of guanidine groups is 1. The molecule has 0 saturated carbocycles. The largest absolute Gasteiger partial charge is 0.378 e. The fourth-order valence-corrected chi connectivity index (χ4v) is 2.94. The van der Waals surface area contributed by atoms with Gasteiger partial charge in [-0.25, -0.2) is 4.99 Å². The minimum Gasteiger partial charge on any atom is -0.378 e. The van der Waals surface area contributed by atoms with Gasteiger partial charge in [-0.2, -0.15) is 0 Å². The third-order valence-corrected chi connectivity index (χ3v) is 4.38. The van der Waals surface area contributed by atoms with Crippen LogP contribution in [0.15, 0.2) is 29.3 Å². The van der Waals surface area contributed by atoms with E-state index in [0.29, 0.717) is 13.0 Å². The second-order valence-corrected chi connectivity index (χ2v) is 6.58. The van der Waals surface area contributed by atoms with Crippen molar-refractivity contribution < 1.29 is 4.79 Å². The van der Waals surface area contributed by atoms with Gasteiger partial charge in [0.15, 0.2) is 5.96 Å². The fourth-order valence-electron chi connectivity index (χ4n) is 2.94. The molecule has 1 saturated heterocycles. The molecule has 1 aromatic carbocycles. The molecule has 1 fully saturated rings. The van der Waals surface area contributed by atoms with Gasteiger partial charge in [0.25, 0.3) is 0 Å². The van der Waals surface area contributed by atoms with E-state index in [1.54, 1.807) is 0 Å². The van der Waals surface area contributed by atoms with Gasteiger partial charge in [-0.1, -0.05) is 19.1 Å². The molecule has 1 aliphatic heterocycles. The fraction of sp³-hybridized carbons (Fsp3) is 0.579. The Morgan fingerprint density at radius 1 is 1.36 bits per heavy atom. The molecule has 1 aliphatic rings. The Morgan fingerprint density at radius 2 is 2.16 bits per heavy atom. The molecule has 1 heterocycles. The van der Waals surface area contributed by atoms with Crippen LogP contribution >= 0.6 is 0 Å². The van der Waals surface area contributed by atoms with Gasteiger partial charge in [-0.05, 0) is 31.0 Å². The molecule has 2 N–H and O–H groups in total. The lowest BCUT2D eigenvalue weighted by Gasteiger charge is -2.19. The van der Waals surface area contributed by atoms with Gasteiger partial charge in [0.1, 0.15) is 0 Å². The Balaban J connectivity index is 1.97. The Labute approximate surface area is 151 Å². The smallest absolute Gasteiger partial charge is 0.222 e. The molecule has 25 heavy (non-hydrogen) atoms. The van der Waals surface area contributed by atoms with Crippen LogP contribution in [-0.2, 0) is 11.3 Å². The van der Waals surface area contributed by atoms with Crippen molar-refractivity contribution in [3.05, 3.63) is 29.8 Å². The number of nitrogens with zero attached hydrogens (tertiary/aromatic N) is 3. The van der Waals surface area contributed by atoms with E-state index in [9.17, 15) is 4.79 Å². The van der Waals surface area contributed by atoms with E-state index in [-0.39, 0.29) is 11.9 Å². The Bertz CT molecular complexity index is 599. The highest BCUT2D eigenvalue weighted by molar-refractivity contribution is 5.80. The minimum absolute atomic E-state index is 0.228. The molecule has 0 aliphatic carbocycles. The lowest BCUT2D eigenvalue weighted by Crippen LogP contribution is -2.45. The van der Waals surface area contributed by atoms with Gasteiger partial charge >= 0.3 is 0 Å². The summed E-state index contributed by atoms with van der Waals surface area (Å²) in [6.45, 7) is 7.00. The minimum atomic E-state index is 0.228. The van der Waals surface area contributed by atoms with Crippen LogP contribution in [0, 0.1) is 0 Å². The highest BCUT2D eigenvalue weighted by atomic mass is 16.2. The maximum absolute atomic E-state index is 11.8. The first-order chi connectivity index (χ1) is 12.0. The first-order valence-corrected chi connectivity index (χ1v) is 9.12. The first kappa shape index (κ1) is 19.1. The van der Waals surface area contributed by atoms with E-state index in [1.165, 1.54) is 11.3 Å². The number of carbonyl (C=O) groups excluding carboxylic acids is 1. The monoisotopic (exact) mass is 345 g/mol. The van der Waals surface area contributed by atoms with E-state index >= 15 is 0 Å². The summed E-state index contributed by atoms with van der Waals surface area (Å²) in [6.07, 6.45) is 1.54. The van der Waals surface area contributed by atoms with E-state index in [1.807, 2.05) is 25.9 Å². The molecule has 2 rings (SSSR count). The number of nitrogens with one attached hydrogen (secondary N) is 2. The normalized spacial score (nSPS) is 17.5. The van der Waals surface area contributed by atoms with Crippen molar-refractivity contribution >= 4 is 17.6 Å². The van der Waals surface area contributed by atoms with Gasteiger partial charge < -0.3 is 20.4 Å². The van der Waals surface area contributed by atoms with Gasteiger partial charge in [-0.3, -0.25) is 4.79 Å². The van der Waals surface area contributed by atoms with Crippen LogP contribution in [0.25, 0.3) is 0 Å². The molecule has 1 aromatic rings. The zero-order valence-electron chi connectivity index (χ0n) is 15.9. The van der Waals surface area contributed by atoms with E-state index < -0.39 is 0 Å². The van der Waals surface area contributed by atoms with Crippen molar-refractivity contribution in [3.8, 4) is 0 Å². The SMILES string of the molecule is CCNC(=NCc1cccc(N(C)C)c1)NC1CCN(C(=O)CC)C1. The van der Waals surface area contributed by atoms with Crippen LogP contribution in [-0.4, -0.2) is 56.5 Å².